The minimum Gasteiger partial charge on any atom is -0.478 e. The lowest BCUT2D eigenvalue weighted by atomic mass is 10.2. The first-order valence-corrected chi connectivity index (χ1v) is 6.93. The number of nitrogens with one attached hydrogen (secondary N) is 1. The number of carboxylic acid groups (broad SMARTS) is 1. The Morgan fingerprint density at radius 1 is 1.38 bits per heavy atom. The van der Waals surface area contributed by atoms with Gasteiger partial charge >= 0.3 is 5.97 Å². The van der Waals surface area contributed by atoms with E-state index in [1.165, 1.54) is 18.3 Å². The maximum Gasteiger partial charge on any atom is 0.337 e. The van der Waals surface area contributed by atoms with Crippen LogP contribution in [-0.2, 0) is 0 Å². The number of pyridine rings is 1. The molecule has 0 unspecified atom stereocenters. The highest BCUT2D eigenvalue weighted by Gasteiger charge is 2.13. The molecule has 2 N–H and O–H groups in total. The predicted octanol–water partition coefficient (Wildman–Crippen LogP) is 4.49. The van der Waals surface area contributed by atoms with Crippen LogP contribution in [0.3, 0.4) is 0 Å². The van der Waals surface area contributed by atoms with E-state index in [4.69, 9.17) is 16.7 Å². The van der Waals surface area contributed by atoms with Crippen LogP contribution in [0.15, 0.2) is 41.4 Å². The largest absolute Gasteiger partial charge is 0.478 e. The number of carboxylic acids is 1. The van der Waals surface area contributed by atoms with E-state index < -0.39 is 11.7 Å². The van der Waals surface area contributed by atoms with E-state index >= 15 is 0 Å². The number of benzene rings is 1. The van der Waals surface area contributed by atoms with Gasteiger partial charge < -0.3 is 10.4 Å². The molecule has 1 aromatic heterocycles. The van der Waals surface area contributed by atoms with Crippen molar-refractivity contribution in [3.63, 3.8) is 0 Å². The number of hydrogen-bond donors (Lipinski definition) is 2. The van der Waals surface area contributed by atoms with E-state index in [9.17, 15) is 13.6 Å². The number of carbonyl (C=O) groups is 1. The number of para-hydroxylation sites is 1. The van der Waals surface area contributed by atoms with E-state index in [0.29, 0.717) is 22.3 Å². The summed E-state index contributed by atoms with van der Waals surface area (Å²) in [7, 11) is 0. The monoisotopic (exact) mass is 330 g/mol. The van der Waals surface area contributed by atoms with Crippen LogP contribution in [0.1, 0.15) is 10.4 Å². The highest BCUT2D eigenvalue weighted by atomic mass is 35.5. The topological polar surface area (TPSA) is 62.2 Å². The Bertz CT molecular complexity index is 670. The first-order valence-electron chi connectivity index (χ1n) is 5.67. The van der Waals surface area contributed by atoms with Gasteiger partial charge in [-0.05, 0) is 18.2 Å². The molecule has 0 bridgehead atoms. The average Bonchev–Trinajstić information content (AvgIpc) is 2.42. The second-order valence-electron chi connectivity index (χ2n) is 3.85. The summed E-state index contributed by atoms with van der Waals surface area (Å²) in [6.45, 7) is 0. The van der Waals surface area contributed by atoms with Gasteiger partial charge in [-0.1, -0.05) is 35.5 Å². The second-order valence-corrected chi connectivity index (χ2v) is 5.29. The van der Waals surface area contributed by atoms with Crippen molar-refractivity contribution < 1.29 is 18.7 Å². The molecule has 4 nitrogen and oxygen atoms in total. The fraction of sp³-hybridized carbons (Fsp3) is 0.0769. The zero-order chi connectivity index (χ0) is 15.4. The highest BCUT2D eigenvalue weighted by Crippen LogP contribution is 2.33. The van der Waals surface area contributed by atoms with Gasteiger partial charge in [-0.15, -0.1) is 0 Å². The Balaban J connectivity index is 2.30. The second kappa shape index (κ2) is 6.73. The van der Waals surface area contributed by atoms with E-state index in [1.807, 2.05) is 0 Å². The third-order valence-electron chi connectivity index (χ3n) is 2.45. The van der Waals surface area contributed by atoms with Gasteiger partial charge in [-0.25, -0.2) is 9.78 Å². The molecule has 110 valence electrons. The summed E-state index contributed by atoms with van der Waals surface area (Å²) < 4.78 is 25.0. The number of nitrogens with zero attached hydrogens (tertiary/aromatic N) is 1. The molecule has 0 amide bonds. The summed E-state index contributed by atoms with van der Waals surface area (Å²) in [5, 5.41) is 11.8. The molecule has 0 atom stereocenters. The van der Waals surface area contributed by atoms with Crippen molar-refractivity contribution in [2.75, 3.05) is 5.32 Å². The summed E-state index contributed by atoms with van der Waals surface area (Å²) in [4.78, 5) is 15.3. The molecule has 2 aromatic rings. The summed E-state index contributed by atoms with van der Waals surface area (Å²) in [5.74, 6) is -3.54. The Morgan fingerprint density at radius 3 is 2.76 bits per heavy atom. The highest BCUT2D eigenvalue weighted by molar-refractivity contribution is 7.99. The molecule has 0 radical (unpaired) electrons. The zero-order valence-electron chi connectivity index (χ0n) is 10.4. The van der Waals surface area contributed by atoms with Crippen molar-refractivity contribution in [2.24, 2.45) is 0 Å². The van der Waals surface area contributed by atoms with E-state index in [0.717, 1.165) is 0 Å². The van der Waals surface area contributed by atoms with Crippen LogP contribution in [0.25, 0.3) is 0 Å². The molecule has 1 aromatic carbocycles. The first-order chi connectivity index (χ1) is 9.97. The lowest BCUT2D eigenvalue weighted by molar-refractivity contribution is 0.0697. The molecule has 0 saturated heterocycles. The molecular formula is C13H9ClF2N2O2S. The van der Waals surface area contributed by atoms with Crippen LogP contribution in [0.2, 0.25) is 5.02 Å². The molecule has 0 spiro atoms. The van der Waals surface area contributed by atoms with Crippen LogP contribution < -0.4 is 5.32 Å². The van der Waals surface area contributed by atoms with Crippen LogP contribution in [0.5, 0.6) is 0 Å². The maximum atomic E-state index is 12.5. The van der Waals surface area contributed by atoms with Gasteiger partial charge in [0.05, 0.1) is 16.3 Å². The standard InChI is InChI=1S/C13H9ClF2N2O2S/c14-8-6-17-11(5-7(8)12(19)20)18-9-3-1-2-4-10(9)21-13(15)16/h1-6,13H,(H,17,18)(H,19,20). The molecule has 0 aliphatic carbocycles. The average molecular weight is 331 g/mol. The minimum atomic E-state index is -2.55. The molecule has 2 rings (SSSR count). The molecule has 8 heteroatoms. The van der Waals surface area contributed by atoms with Gasteiger partial charge in [0.2, 0.25) is 0 Å². The summed E-state index contributed by atoms with van der Waals surface area (Å²) in [6.07, 6.45) is 1.19. The lowest BCUT2D eigenvalue weighted by Gasteiger charge is -2.11. The van der Waals surface area contributed by atoms with Gasteiger partial charge in [0.15, 0.2) is 0 Å². The Morgan fingerprint density at radius 2 is 2.10 bits per heavy atom. The molecule has 0 saturated carbocycles. The number of halogens is 3. The number of aromatic nitrogens is 1. The number of aromatic carboxylic acids is 1. The summed E-state index contributed by atoms with van der Waals surface area (Å²) in [5.41, 5.74) is 0.294. The third kappa shape index (κ3) is 4.05. The number of alkyl halides is 2. The fourth-order valence-corrected chi connectivity index (χ4v) is 2.36. The smallest absolute Gasteiger partial charge is 0.337 e. The van der Waals surface area contributed by atoms with Crippen molar-refractivity contribution in [2.45, 2.75) is 10.7 Å². The van der Waals surface area contributed by atoms with Gasteiger partial charge in [0.25, 0.3) is 5.76 Å². The normalized spacial score (nSPS) is 10.7. The Kier molecular flexibility index (Phi) is 4.98. The van der Waals surface area contributed by atoms with Crippen LogP contribution in [0, 0.1) is 0 Å². The zero-order valence-corrected chi connectivity index (χ0v) is 12.0. The van der Waals surface area contributed by atoms with Gasteiger partial charge in [0.1, 0.15) is 5.82 Å². The third-order valence-corrected chi connectivity index (χ3v) is 3.54. The SMILES string of the molecule is O=C(O)c1cc(Nc2ccccc2SC(F)F)ncc1Cl. The number of thioether (sulfide) groups is 1. The van der Waals surface area contributed by atoms with Crippen LogP contribution >= 0.6 is 23.4 Å². The fourth-order valence-electron chi connectivity index (χ4n) is 1.58. The van der Waals surface area contributed by atoms with E-state index in [-0.39, 0.29) is 16.4 Å². The van der Waals surface area contributed by atoms with E-state index in [2.05, 4.69) is 10.3 Å². The molecule has 0 aliphatic heterocycles. The first kappa shape index (κ1) is 15.5. The number of rotatable bonds is 5. The van der Waals surface area contributed by atoms with Crippen molar-refractivity contribution in [3.8, 4) is 0 Å². The number of hydrogen-bond acceptors (Lipinski definition) is 4. The van der Waals surface area contributed by atoms with Gasteiger partial charge in [-0.3, -0.25) is 0 Å². The van der Waals surface area contributed by atoms with Gasteiger partial charge in [-0.2, -0.15) is 8.78 Å². The molecular weight excluding hydrogens is 322 g/mol. The van der Waals surface area contributed by atoms with E-state index in [1.54, 1.807) is 18.2 Å². The van der Waals surface area contributed by atoms with Crippen molar-refractivity contribution >= 4 is 40.8 Å². The molecule has 21 heavy (non-hydrogen) atoms. The maximum absolute atomic E-state index is 12.5. The predicted molar refractivity (Wildman–Crippen MR) is 77.8 cm³/mol. The van der Waals surface area contributed by atoms with Crippen molar-refractivity contribution in [1.29, 1.82) is 0 Å². The molecule has 0 fully saturated rings. The van der Waals surface area contributed by atoms with Gasteiger partial charge in [0, 0.05) is 11.1 Å². The van der Waals surface area contributed by atoms with Crippen LogP contribution in [-0.4, -0.2) is 21.8 Å². The summed E-state index contributed by atoms with van der Waals surface area (Å²) >= 11 is 6.11. The quantitative estimate of drug-likeness (QED) is 0.791. The molecule has 1 heterocycles. The molecule has 0 aliphatic rings. The Hall–Kier alpha value is -1.86. The Labute approximate surface area is 128 Å². The minimum absolute atomic E-state index is 0.00305. The lowest BCUT2D eigenvalue weighted by Crippen LogP contribution is -2.02. The van der Waals surface area contributed by atoms with Crippen LogP contribution in [0.4, 0.5) is 20.3 Å². The summed E-state index contributed by atoms with van der Waals surface area (Å²) in [6, 6.07) is 7.68. The van der Waals surface area contributed by atoms with Crippen molar-refractivity contribution in [1.82, 2.24) is 4.98 Å². The number of anilines is 2. The van der Waals surface area contributed by atoms with Crippen molar-refractivity contribution in [3.05, 3.63) is 47.1 Å².